The van der Waals surface area contributed by atoms with Crippen molar-refractivity contribution in [3.63, 3.8) is 0 Å². The molecule has 3 amide bonds. The summed E-state index contributed by atoms with van der Waals surface area (Å²) >= 11 is 0. The van der Waals surface area contributed by atoms with Crippen molar-refractivity contribution in [3.8, 4) is 0 Å². The number of imide groups is 1. The number of rotatable bonds is 4. The van der Waals surface area contributed by atoms with Gasteiger partial charge in [0.15, 0.2) is 0 Å². The Morgan fingerprint density at radius 3 is 2.54 bits per heavy atom. The molecule has 1 aromatic carbocycles. The molecule has 2 aromatic rings. The summed E-state index contributed by atoms with van der Waals surface area (Å²) < 4.78 is 0. The lowest BCUT2D eigenvalue weighted by atomic mass is 10.1. The predicted octanol–water partition coefficient (Wildman–Crippen LogP) is 2.27. The van der Waals surface area contributed by atoms with Crippen molar-refractivity contribution in [1.82, 2.24) is 10.3 Å². The zero-order valence-corrected chi connectivity index (χ0v) is 13.4. The van der Waals surface area contributed by atoms with Gasteiger partial charge in [-0.2, -0.15) is 0 Å². The lowest BCUT2D eigenvalue weighted by molar-refractivity contribution is 0.0922. The number of carbonyl (C=O) groups excluding carboxylic acids is 3. The molecule has 1 aromatic heterocycles. The van der Waals surface area contributed by atoms with E-state index in [0.29, 0.717) is 18.0 Å². The van der Waals surface area contributed by atoms with Crippen LogP contribution in [0, 0.1) is 5.92 Å². The van der Waals surface area contributed by atoms with Crippen LogP contribution >= 0.6 is 0 Å². The number of anilines is 1. The molecule has 1 aliphatic rings. The molecule has 0 saturated carbocycles. The smallest absolute Gasteiger partial charge is 0.267 e. The van der Waals surface area contributed by atoms with Gasteiger partial charge in [-0.05, 0) is 36.2 Å². The topological polar surface area (TPSA) is 79.4 Å². The van der Waals surface area contributed by atoms with Crippen LogP contribution in [0.2, 0.25) is 0 Å². The second kappa shape index (κ2) is 6.23. The van der Waals surface area contributed by atoms with Gasteiger partial charge in [0.2, 0.25) is 0 Å². The van der Waals surface area contributed by atoms with Crippen molar-refractivity contribution in [1.29, 1.82) is 0 Å². The zero-order chi connectivity index (χ0) is 17.3. The molecule has 0 aliphatic carbocycles. The van der Waals surface area contributed by atoms with Crippen molar-refractivity contribution in [2.24, 2.45) is 5.92 Å². The molecular weight excluding hydrogens is 306 g/mol. The average Bonchev–Trinajstić information content (AvgIpc) is 2.84. The average molecular weight is 323 g/mol. The van der Waals surface area contributed by atoms with E-state index >= 15 is 0 Å². The monoisotopic (exact) mass is 323 g/mol. The number of hydrogen-bond acceptors (Lipinski definition) is 4. The second-order valence-corrected chi connectivity index (χ2v) is 6.00. The third kappa shape index (κ3) is 2.78. The number of carbonyl (C=O) groups is 3. The molecule has 0 unspecified atom stereocenters. The van der Waals surface area contributed by atoms with E-state index in [1.807, 2.05) is 13.8 Å². The molecule has 6 nitrogen and oxygen atoms in total. The van der Waals surface area contributed by atoms with Crippen LogP contribution in [-0.2, 0) is 0 Å². The molecule has 122 valence electrons. The highest BCUT2D eigenvalue weighted by molar-refractivity contribution is 6.34. The van der Waals surface area contributed by atoms with Gasteiger partial charge in [-0.3, -0.25) is 14.4 Å². The number of benzene rings is 1. The van der Waals surface area contributed by atoms with Crippen molar-refractivity contribution in [2.45, 2.75) is 13.8 Å². The number of fused-ring (bicyclic) bond motifs is 1. The Balaban J connectivity index is 1.90. The standard InChI is InChI=1S/C18H17N3O3/c1-11(2)10-20-16(22)12-6-7-13-14(9-12)18(24)21(17(13)23)15-5-3-4-8-19-15/h3-9,11H,10H2,1-2H3,(H,20,22). The highest BCUT2D eigenvalue weighted by Crippen LogP contribution is 2.27. The minimum atomic E-state index is -0.466. The Hall–Kier alpha value is -3.02. The molecule has 1 aliphatic heterocycles. The second-order valence-electron chi connectivity index (χ2n) is 6.00. The molecule has 24 heavy (non-hydrogen) atoms. The Labute approximate surface area is 139 Å². The van der Waals surface area contributed by atoms with E-state index < -0.39 is 11.8 Å². The minimum absolute atomic E-state index is 0.225. The van der Waals surface area contributed by atoms with Gasteiger partial charge in [0, 0.05) is 18.3 Å². The van der Waals surface area contributed by atoms with Crippen LogP contribution in [0.4, 0.5) is 5.82 Å². The minimum Gasteiger partial charge on any atom is -0.352 e. The molecule has 0 spiro atoms. The summed E-state index contributed by atoms with van der Waals surface area (Å²) in [6.45, 7) is 4.54. The van der Waals surface area contributed by atoms with Gasteiger partial charge in [-0.1, -0.05) is 19.9 Å². The number of nitrogens with zero attached hydrogens (tertiary/aromatic N) is 2. The summed E-state index contributed by atoms with van der Waals surface area (Å²) in [5.74, 6) is -0.557. The van der Waals surface area contributed by atoms with E-state index in [2.05, 4.69) is 10.3 Å². The lowest BCUT2D eigenvalue weighted by Crippen LogP contribution is -2.30. The molecule has 0 saturated heterocycles. The highest BCUT2D eigenvalue weighted by atomic mass is 16.2. The maximum atomic E-state index is 12.6. The van der Waals surface area contributed by atoms with Crippen molar-refractivity contribution >= 4 is 23.5 Å². The van der Waals surface area contributed by atoms with Gasteiger partial charge >= 0.3 is 0 Å². The molecule has 0 fully saturated rings. The lowest BCUT2D eigenvalue weighted by Gasteiger charge is -2.11. The molecule has 2 heterocycles. The Morgan fingerprint density at radius 2 is 1.88 bits per heavy atom. The Kier molecular flexibility index (Phi) is 4.12. The molecule has 6 heteroatoms. The fourth-order valence-electron chi connectivity index (χ4n) is 2.48. The van der Waals surface area contributed by atoms with Gasteiger partial charge < -0.3 is 5.32 Å². The Bertz CT molecular complexity index is 816. The zero-order valence-electron chi connectivity index (χ0n) is 13.4. The van der Waals surface area contributed by atoms with Crippen LogP contribution in [0.1, 0.15) is 44.9 Å². The first-order valence-corrected chi connectivity index (χ1v) is 7.71. The van der Waals surface area contributed by atoms with Crippen molar-refractivity contribution < 1.29 is 14.4 Å². The van der Waals surface area contributed by atoms with Gasteiger partial charge in [-0.15, -0.1) is 0 Å². The SMILES string of the molecule is CC(C)CNC(=O)c1ccc2c(c1)C(=O)N(c1ccccn1)C2=O. The third-order valence-electron chi connectivity index (χ3n) is 3.70. The largest absolute Gasteiger partial charge is 0.352 e. The first-order valence-electron chi connectivity index (χ1n) is 7.71. The summed E-state index contributed by atoms with van der Waals surface area (Å²) in [4.78, 5) is 42.3. The summed E-state index contributed by atoms with van der Waals surface area (Å²) in [7, 11) is 0. The maximum Gasteiger partial charge on any atom is 0.267 e. The number of pyridine rings is 1. The third-order valence-corrected chi connectivity index (χ3v) is 3.70. The quantitative estimate of drug-likeness (QED) is 0.875. The molecule has 0 bridgehead atoms. The van der Waals surface area contributed by atoms with E-state index in [1.54, 1.807) is 24.3 Å². The highest BCUT2D eigenvalue weighted by Gasteiger charge is 2.37. The van der Waals surface area contributed by atoms with E-state index in [9.17, 15) is 14.4 Å². The van der Waals surface area contributed by atoms with E-state index in [-0.39, 0.29) is 22.9 Å². The summed E-state index contributed by atoms with van der Waals surface area (Å²) in [6, 6.07) is 9.55. The maximum absolute atomic E-state index is 12.6. The first-order chi connectivity index (χ1) is 11.5. The molecule has 1 N–H and O–H groups in total. The fraction of sp³-hybridized carbons (Fsp3) is 0.222. The van der Waals surface area contributed by atoms with Crippen LogP contribution in [0.5, 0.6) is 0 Å². The van der Waals surface area contributed by atoms with Gasteiger partial charge in [0.05, 0.1) is 11.1 Å². The number of nitrogens with one attached hydrogen (secondary N) is 1. The summed E-state index contributed by atoms with van der Waals surface area (Å²) in [5.41, 5.74) is 0.868. The van der Waals surface area contributed by atoms with Crippen molar-refractivity contribution in [2.75, 3.05) is 11.4 Å². The van der Waals surface area contributed by atoms with Crippen LogP contribution < -0.4 is 10.2 Å². The van der Waals surface area contributed by atoms with Crippen LogP contribution in [0.15, 0.2) is 42.6 Å². The van der Waals surface area contributed by atoms with Crippen LogP contribution in [0.3, 0.4) is 0 Å². The number of amides is 3. The first kappa shape index (κ1) is 15.9. The fourth-order valence-corrected chi connectivity index (χ4v) is 2.48. The molecule has 3 rings (SSSR count). The predicted molar refractivity (Wildman–Crippen MR) is 89.0 cm³/mol. The summed E-state index contributed by atoms with van der Waals surface area (Å²) in [6.07, 6.45) is 1.52. The van der Waals surface area contributed by atoms with Gasteiger partial charge in [-0.25, -0.2) is 9.88 Å². The Morgan fingerprint density at radius 1 is 1.12 bits per heavy atom. The van der Waals surface area contributed by atoms with E-state index in [4.69, 9.17) is 0 Å². The van der Waals surface area contributed by atoms with Gasteiger partial charge in [0.25, 0.3) is 17.7 Å². The van der Waals surface area contributed by atoms with Gasteiger partial charge in [0.1, 0.15) is 5.82 Å². The number of hydrogen-bond donors (Lipinski definition) is 1. The van der Waals surface area contributed by atoms with E-state index in [0.717, 1.165) is 4.90 Å². The molecule has 0 atom stereocenters. The van der Waals surface area contributed by atoms with Crippen molar-refractivity contribution in [3.05, 3.63) is 59.3 Å². The molecule has 0 radical (unpaired) electrons. The van der Waals surface area contributed by atoms with Crippen LogP contribution in [-0.4, -0.2) is 29.3 Å². The van der Waals surface area contributed by atoms with Crippen LogP contribution in [0.25, 0.3) is 0 Å². The van der Waals surface area contributed by atoms with E-state index in [1.165, 1.54) is 18.3 Å². The summed E-state index contributed by atoms with van der Waals surface area (Å²) in [5, 5.41) is 2.80. The number of aromatic nitrogens is 1. The molecular formula is C18H17N3O3. The normalized spacial score (nSPS) is 13.4.